The molecular formula is C21H25N3O7. The third-order valence-corrected chi connectivity index (χ3v) is 4.37. The van der Waals surface area contributed by atoms with Crippen LogP contribution in [0.2, 0.25) is 0 Å². The molecule has 2 aromatic rings. The van der Waals surface area contributed by atoms with E-state index < -0.39 is 35.2 Å². The summed E-state index contributed by atoms with van der Waals surface area (Å²) in [6, 6.07) is 4.46. The van der Waals surface area contributed by atoms with Gasteiger partial charge in [0.1, 0.15) is 11.4 Å². The van der Waals surface area contributed by atoms with Crippen LogP contribution in [0.15, 0.2) is 33.9 Å². The van der Waals surface area contributed by atoms with Crippen molar-refractivity contribution in [1.82, 2.24) is 9.13 Å². The SMILES string of the molecule is COc1cc(C=CC(=O)OCC(=O)c2c(N)n(CC(C)C)c(=O)n(C)c2=O)ccc1O. The van der Waals surface area contributed by atoms with Crippen molar-refractivity contribution in [3.8, 4) is 11.5 Å². The molecule has 0 aliphatic carbocycles. The van der Waals surface area contributed by atoms with Crippen LogP contribution in [0.1, 0.15) is 29.8 Å². The number of nitrogens with zero attached hydrogens (tertiary/aromatic N) is 2. The fourth-order valence-corrected chi connectivity index (χ4v) is 2.81. The molecule has 1 heterocycles. The maximum Gasteiger partial charge on any atom is 0.332 e. The van der Waals surface area contributed by atoms with E-state index in [1.54, 1.807) is 6.07 Å². The average molecular weight is 431 g/mol. The molecule has 10 heteroatoms. The van der Waals surface area contributed by atoms with Gasteiger partial charge in [0.2, 0.25) is 5.78 Å². The molecule has 0 fully saturated rings. The second-order valence-corrected chi connectivity index (χ2v) is 7.21. The molecule has 0 bridgehead atoms. The summed E-state index contributed by atoms with van der Waals surface area (Å²) in [5, 5.41) is 9.58. The lowest BCUT2D eigenvalue weighted by Gasteiger charge is -2.16. The average Bonchev–Trinajstić information content (AvgIpc) is 2.73. The summed E-state index contributed by atoms with van der Waals surface area (Å²) in [5.41, 5.74) is 4.60. The minimum atomic E-state index is -0.852. The Labute approximate surface area is 178 Å². The van der Waals surface area contributed by atoms with Crippen LogP contribution in [0.25, 0.3) is 6.08 Å². The topological polar surface area (TPSA) is 143 Å². The number of carbonyl (C=O) groups excluding carboxylic acids is 2. The fourth-order valence-electron chi connectivity index (χ4n) is 2.81. The lowest BCUT2D eigenvalue weighted by molar-refractivity contribution is -0.136. The van der Waals surface area contributed by atoms with Gasteiger partial charge in [0.05, 0.1) is 7.11 Å². The molecule has 0 spiro atoms. The Bertz CT molecular complexity index is 1140. The van der Waals surface area contributed by atoms with Crippen molar-refractivity contribution >= 4 is 23.6 Å². The number of phenolic OH excluding ortho intramolecular Hbond substituents is 1. The van der Waals surface area contributed by atoms with Crippen molar-refractivity contribution in [1.29, 1.82) is 0 Å². The number of hydrogen-bond donors (Lipinski definition) is 2. The van der Waals surface area contributed by atoms with Gasteiger partial charge in [-0.05, 0) is 29.7 Å². The highest BCUT2D eigenvalue weighted by atomic mass is 16.5. The molecule has 0 radical (unpaired) electrons. The molecular weight excluding hydrogens is 406 g/mol. The first-order valence-corrected chi connectivity index (χ1v) is 9.41. The molecule has 0 saturated carbocycles. The number of carbonyl (C=O) groups is 2. The highest BCUT2D eigenvalue weighted by Gasteiger charge is 2.22. The zero-order valence-corrected chi connectivity index (χ0v) is 17.7. The number of anilines is 1. The van der Waals surface area contributed by atoms with Crippen LogP contribution < -0.4 is 21.7 Å². The summed E-state index contributed by atoms with van der Waals surface area (Å²) >= 11 is 0. The second kappa shape index (κ2) is 9.79. The van der Waals surface area contributed by atoms with Crippen molar-refractivity contribution in [2.24, 2.45) is 13.0 Å². The number of nitrogens with two attached hydrogens (primary N) is 1. The van der Waals surface area contributed by atoms with Crippen molar-refractivity contribution < 1.29 is 24.2 Å². The van der Waals surface area contributed by atoms with E-state index in [0.717, 1.165) is 15.2 Å². The molecule has 0 amide bonds. The third-order valence-electron chi connectivity index (χ3n) is 4.37. The molecule has 3 N–H and O–H groups in total. The number of ether oxygens (including phenoxy) is 2. The van der Waals surface area contributed by atoms with Gasteiger partial charge in [-0.15, -0.1) is 0 Å². The van der Waals surface area contributed by atoms with Crippen molar-refractivity contribution in [2.45, 2.75) is 20.4 Å². The van der Waals surface area contributed by atoms with Crippen molar-refractivity contribution in [3.05, 3.63) is 56.2 Å². The Balaban J connectivity index is 2.17. The number of ketones is 1. The number of hydrogen-bond acceptors (Lipinski definition) is 8. The number of nitrogen functional groups attached to an aromatic ring is 1. The lowest BCUT2D eigenvalue weighted by Crippen LogP contribution is -2.43. The quantitative estimate of drug-likeness (QED) is 0.357. The fraction of sp³-hybridized carbons (Fsp3) is 0.333. The van der Waals surface area contributed by atoms with E-state index in [1.165, 1.54) is 32.4 Å². The molecule has 0 aliphatic heterocycles. The zero-order valence-electron chi connectivity index (χ0n) is 17.7. The molecule has 166 valence electrons. The molecule has 0 atom stereocenters. The predicted molar refractivity (Wildman–Crippen MR) is 114 cm³/mol. The molecule has 31 heavy (non-hydrogen) atoms. The minimum Gasteiger partial charge on any atom is -0.504 e. The van der Waals surface area contributed by atoms with Gasteiger partial charge in [0.25, 0.3) is 5.56 Å². The van der Waals surface area contributed by atoms with Gasteiger partial charge < -0.3 is 20.3 Å². The van der Waals surface area contributed by atoms with Crippen LogP contribution in [-0.4, -0.2) is 39.7 Å². The van der Waals surface area contributed by atoms with E-state index in [2.05, 4.69) is 0 Å². The molecule has 2 rings (SSSR count). The molecule has 10 nitrogen and oxygen atoms in total. The Kier molecular flexibility index (Phi) is 7.41. The highest BCUT2D eigenvalue weighted by Crippen LogP contribution is 2.26. The zero-order chi connectivity index (χ0) is 23.3. The van der Waals surface area contributed by atoms with E-state index in [9.17, 15) is 24.3 Å². The summed E-state index contributed by atoms with van der Waals surface area (Å²) in [4.78, 5) is 49.2. The van der Waals surface area contributed by atoms with Gasteiger partial charge in [-0.25, -0.2) is 9.59 Å². The smallest absolute Gasteiger partial charge is 0.332 e. The summed E-state index contributed by atoms with van der Waals surface area (Å²) in [6.45, 7) is 3.21. The Morgan fingerprint density at radius 2 is 1.94 bits per heavy atom. The number of esters is 1. The van der Waals surface area contributed by atoms with Crippen LogP contribution in [0.4, 0.5) is 5.82 Å². The first kappa shape index (κ1) is 23.5. The monoisotopic (exact) mass is 431 g/mol. The van der Waals surface area contributed by atoms with E-state index in [4.69, 9.17) is 15.2 Å². The van der Waals surface area contributed by atoms with E-state index >= 15 is 0 Å². The predicted octanol–water partition coefficient (Wildman–Crippen LogP) is 0.939. The molecule has 1 aromatic heterocycles. The largest absolute Gasteiger partial charge is 0.504 e. The number of methoxy groups -OCH3 is 1. The van der Waals surface area contributed by atoms with Gasteiger partial charge in [-0.2, -0.15) is 0 Å². The maximum absolute atomic E-state index is 12.5. The van der Waals surface area contributed by atoms with Crippen molar-refractivity contribution in [3.63, 3.8) is 0 Å². The van der Waals surface area contributed by atoms with Crippen LogP contribution in [-0.2, 0) is 23.1 Å². The normalized spacial score (nSPS) is 11.1. The van der Waals surface area contributed by atoms with Gasteiger partial charge in [0, 0.05) is 19.7 Å². The van der Waals surface area contributed by atoms with Gasteiger partial charge >= 0.3 is 11.7 Å². The van der Waals surface area contributed by atoms with Crippen LogP contribution >= 0.6 is 0 Å². The number of rotatable bonds is 8. The molecule has 0 saturated heterocycles. The van der Waals surface area contributed by atoms with Crippen LogP contribution in [0.5, 0.6) is 11.5 Å². The van der Waals surface area contributed by atoms with E-state index in [1.807, 2.05) is 13.8 Å². The third kappa shape index (κ3) is 5.41. The highest BCUT2D eigenvalue weighted by molar-refractivity contribution is 6.02. The Morgan fingerprint density at radius 3 is 2.55 bits per heavy atom. The number of Topliss-reactive ketones (excluding diaryl/α,β-unsaturated/α-hetero) is 1. The number of aromatic nitrogens is 2. The summed E-state index contributed by atoms with van der Waals surface area (Å²) in [5.74, 6) is -1.68. The maximum atomic E-state index is 12.5. The van der Waals surface area contributed by atoms with Crippen LogP contribution in [0.3, 0.4) is 0 Å². The van der Waals surface area contributed by atoms with E-state index in [0.29, 0.717) is 5.56 Å². The van der Waals surface area contributed by atoms with E-state index in [-0.39, 0.29) is 29.8 Å². The summed E-state index contributed by atoms with van der Waals surface area (Å²) in [7, 11) is 2.64. The standard InChI is InChI=1S/C21H25N3O7/c1-12(2)10-24-19(22)18(20(28)23(3)21(24)29)15(26)11-31-17(27)8-6-13-5-7-14(25)16(9-13)30-4/h5-9,12,25H,10-11,22H2,1-4H3. The van der Waals surface area contributed by atoms with Gasteiger partial charge in [-0.1, -0.05) is 19.9 Å². The second-order valence-electron chi connectivity index (χ2n) is 7.21. The first-order valence-electron chi connectivity index (χ1n) is 9.41. The van der Waals surface area contributed by atoms with Gasteiger partial charge in [0.15, 0.2) is 18.1 Å². The van der Waals surface area contributed by atoms with Gasteiger partial charge in [-0.3, -0.25) is 18.7 Å². The first-order chi connectivity index (χ1) is 14.6. The Hall–Kier alpha value is -3.82. The number of phenols is 1. The van der Waals surface area contributed by atoms with Crippen molar-refractivity contribution in [2.75, 3.05) is 19.5 Å². The molecule has 1 aromatic carbocycles. The number of benzene rings is 1. The Morgan fingerprint density at radius 1 is 1.26 bits per heavy atom. The summed E-state index contributed by atoms with van der Waals surface area (Å²) < 4.78 is 11.8. The summed E-state index contributed by atoms with van der Waals surface area (Å²) in [6.07, 6.45) is 2.49. The molecule has 0 aliphatic rings. The lowest BCUT2D eigenvalue weighted by atomic mass is 10.1. The molecule has 0 unspecified atom stereocenters. The number of aromatic hydroxyl groups is 1. The van der Waals surface area contributed by atoms with Crippen LogP contribution in [0, 0.1) is 5.92 Å². The minimum absolute atomic E-state index is 0.0435.